The molecule has 0 spiro atoms. The van der Waals surface area contributed by atoms with Crippen LogP contribution in [0.5, 0.6) is 5.75 Å². The van der Waals surface area contributed by atoms with E-state index in [-0.39, 0.29) is 43.0 Å². The Bertz CT molecular complexity index is 1480. The molecule has 1 atom stereocenters. The molecule has 1 unspecified atom stereocenters. The van der Waals surface area contributed by atoms with Gasteiger partial charge in [-0.15, -0.1) is 23.4 Å². The van der Waals surface area contributed by atoms with Crippen LogP contribution in [0.4, 0.5) is 22.0 Å². The number of ether oxygens (including phenoxy) is 1. The molecular weight excluding hydrogens is 557 g/mol. The van der Waals surface area contributed by atoms with Crippen LogP contribution in [0.2, 0.25) is 0 Å². The highest BCUT2D eigenvalue weighted by molar-refractivity contribution is 5.92. The van der Waals surface area contributed by atoms with Crippen LogP contribution in [0.1, 0.15) is 38.7 Å². The lowest BCUT2D eigenvalue weighted by Crippen LogP contribution is -2.24. The smallest absolute Gasteiger partial charge is 0.406 e. The first-order valence-electron chi connectivity index (χ1n) is 12.0. The van der Waals surface area contributed by atoms with Gasteiger partial charge < -0.3 is 15.4 Å². The van der Waals surface area contributed by atoms with Gasteiger partial charge in [-0.25, -0.2) is 13.5 Å². The molecule has 2 amide bonds. The fraction of sp³-hybridized carbons (Fsp3) is 0.292. The monoisotopic (exact) mass is 579 g/mol. The molecule has 41 heavy (non-hydrogen) atoms. The second-order valence-corrected chi connectivity index (χ2v) is 8.57. The predicted molar refractivity (Wildman–Crippen MR) is 129 cm³/mol. The summed E-state index contributed by atoms with van der Waals surface area (Å²) in [5.41, 5.74) is 0.264. The number of amides is 2. The molecule has 216 valence electrons. The van der Waals surface area contributed by atoms with E-state index >= 15 is 0 Å². The number of hydrogen-bond donors (Lipinski definition) is 2. The lowest BCUT2D eigenvalue weighted by molar-refractivity contribution is -0.274. The number of pyridine rings is 1. The normalized spacial score (nSPS) is 12.1. The van der Waals surface area contributed by atoms with Crippen LogP contribution < -0.4 is 15.4 Å². The number of halogens is 5. The molecule has 0 saturated carbocycles. The van der Waals surface area contributed by atoms with Crippen LogP contribution in [-0.2, 0) is 26.2 Å². The van der Waals surface area contributed by atoms with Gasteiger partial charge in [0.25, 0.3) is 11.8 Å². The van der Waals surface area contributed by atoms with Gasteiger partial charge in [-0.3, -0.25) is 19.3 Å². The molecule has 0 aliphatic rings. The second-order valence-electron chi connectivity index (χ2n) is 8.57. The van der Waals surface area contributed by atoms with Crippen LogP contribution in [0.25, 0.3) is 0 Å². The van der Waals surface area contributed by atoms with Crippen molar-refractivity contribution in [3.63, 3.8) is 0 Å². The number of nitrogens with one attached hydrogen (secondary N) is 2. The van der Waals surface area contributed by atoms with Gasteiger partial charge in [0.15, 0.2) is 11.4 Å². The molecule has 2 N–H and O–H groups in total. The molecule has 12 nitrogen and oxygen atoms in total. The molecule has 0 saturated heterocycles. The zero-order valence-corrected chi connectivity index (χ0v) is 21.1. The standard InChI is InChI=1S/C24H22F5N9O3/c25-16(6-8-37-13-20(33-35-37)23(40)32-11-17-3-1-2-7-30-17)12-38-14-21(34-36-38)22(39)31-10-15-9-18(4-5-19(15)26)41-24(27,28)29/h1-5,7,9,13-14,16H,6,8,10-12H2,(H,31,39)(H,32,40). The maximum absolute atomic E-state index is 14.6. The van der Waals surface area contributed by atoms with E-state index < -0.39 is 42.5 Å². The highest BCUT2D eigenvalue weighted by atomic mass is 19.4. The summed E-state index contributed by atoms with van der Waals surface area (Å²) in [6, 6.07) is 7.68. The highest BCUT2D eigenvalue weighted by Crippen LogP contribution is 2.24. The Hall–Kier alpha value is -4.96. The number of carbonyl (C=O) groups is 2. The number of benzene rings is 1. The van der Waals surface area contributed by atoms with Gasteiger partial charge >= 0.3 is 6.36 Å². The van der Waals surface area contributed by atoms with Crippen molar-refractivity contribution in [1.29, 1.82) is 0 Å². The van der Waals surface area contributed by atoms with Gasteiger partial charge in [-0.2, -0.15) is 0 Å². The quantitative estimate of drug-likeness (QED) is 0.244. The van der Waals surface area contributed by atoms with E-state index in [4.69, 9.17) is 0 Å². The number of hydrogen-bond acceptors (Lipinski definition) is 8. The zero-order valence-electron chi connectivity index (χ0n) is 21.1. The van der Waals surface area contributed by atoms with Crippen LogP contribution >= 0.6 is 0 Å². The summed E-state index contributed by atoms with van der Waals surface area (Å²) in [4.78, 5) is 28.7. The van der Waals surface area contributed by atoms with Gasteiger partial charge in [0.2, 0.25) is 0 Å². The van der Waals surface area contributed by atoms with Crippen molar-refractivity contribution in [1.82, 2.24) is 45.6 Å². The molecule has 0 fully saturated rings. The van der Waals surface area contributed by atoms with Crippen LogP contribution in [0.3, 0.4) is 0 Å². The van der Waals surface area contributed by atoms with E-state index in [1.54, 1.807) is 24.4 Å². The SMILES string of the molecule is O=C(NCc1ccccn1)c1cn(CCC(F)Cn2cc(C(=O)NCc3cc(OC(F)(F)F)ccc3F)nn2)nn1. The molecule has 4 aromatic rings. The van der Waals surface area contributed by atoms with E-state index in [1.165, 1.54) is 17.1 Å². The molecule has 3 heterocycles. The van der Waals surface area contributed by atoms with E-state index in [0.29, 0.717) is 5.69 Å². The predicted octanol–water partition coefficient (Wildman–Crippen LogP) is 2.59. The number of nitrogens with zero attached hydrogens (tertiary/aromatic N) is 7. The van der Waals surface area contributed by atoms with Gasteiger partial charge in [0.1, 0.15) is 17.7 Å². The molecule has 17 heteroatoms. The molecule has 0 bridgehead atoms. The fourth-order valence-electron chi connectivity index (χ4n) is 3.48. The third-order valence-electron chi connectivity index (χ3n) is 5.45. The van der Waals surface area contributed by atoms with Crippen molar-refractivity contribution in [2.75, 3.05) is 0 Å². The summed E-state index contributed by atoms with van der Waals surface area (Å²) in [6.45, 7) is -0.401. The number of alkyl halides is 4. The van der Waals surface area contributed by atoms with Crippen LogP contribution in [0.15, 0.2) is 55.0 Å². The Kier molecular flexibility index (Phi) is 9.15. The number of aryl methyl sites for hydroxylation is 1. The Balaban J connectivity index is 1.22. The third kappa shape index (κ3) is 8.77. The summed E-state index contributed by atoms with van der Waals surface area (Å²) >= 11 is 0. The first-order chi connectivity index (χ1) is 19.6. The molecule has 3 aromatic heterocycles. The number of aromatic nitrogens is 7. The topological polar surface area (TPSA) is 142 Å². The van der Waals surface area contributed by atoms with Crippen molar-refractivity contribution in [3.8, 4) is 5.75 Å². The largest absolute Gasteiger partial charge is 0.573 e. The lowest BCUT2D eigenvalue weighted by Gasteiger charge is -2.11. The van der Waals surface area contributed by atoms with Crippen LogP contribution in [0, 0.1) is 5.82 Å². The Morgan fingerprint density at radius 1 is 0.951 bits per heavy atom. The minimum absolute atomic E-state index is 0.0185. The molecule has 0 radical (unpaired) electrons. The van der Waals surface area contributed by atoms with Crippen LogP contribution in [-0.4, -0.2) is 59.3 Å². The lowest BCUT2D eigenvalue weighted by atomic mass is 10.2. The van der Waals surface area contributed by atoms with Crippen molar-refractivity contribution >= 4 is 11.8 Å². The van der Waals surface area contributed by atoms with Crippen molar-refractivity contribution in [3.05, 3.63) is 83.5 Å². The van der Waals surface area contributed by atoms with Crippen molar-refractivity contribution in [2.24, 2.45) is 0 Å². The highest BCUT2D eigenvalue weighted by Gasteiger charge is 2.31. The van der Waals surface area contributed by atoms with E-state index in [2.05, 4.69) is 41.0 Å². The summed E-state index contributed by atoms with van der Waals surface area (Å²) in [5.74, 6) is -2.76. The second kappa shape index (κ2) is 12.9. The van der Waals surface area contributed by atoms with Crippen molar-refractivity contribution in [2.45, 2.75) is 45.1 Å². The third-order valence-corrected chi connectivity index (χ3v) is 5.45. The summed E-state index contributed by atoms with van der Waals surface area (Å²) < 4.78 is 71.8. The van der Waals surface area contributed by atoms with Gasteiger partial charge in [-0.05, 0) is 30.3 Å². The molecular formula is C24H22F5N9O3. The maximum atomic E-state index is 14.6. The average Bonchev–Trinajstić information content (AvgIpc) is 3.60. The maximum Gasteiger partial charge on any atom is 0.573 e. The Labute approximate surface area is 228 Å². The Morgan fingerprint density at radius 3 is 2.32 bits per heavy atom. The molecule has 0 aliphatic heterocycles. The minimum atomic E-state index is -4.96. The van der Waals surface area contributed by atoms with E-state index in [0.717, 1.165) is 22.9 Å². The molecule has 1 aromatic carbocycles. The number of carbonyl (C=O) groups excluding carboxylic acids is 2. The van der Waals surface area contributed by atoms with Gasteiger partial charge in [-0.1, -0.05) is 16.5 Å². The van der Waals surface area contributed by atoms with E-state index in [9.17, 15) is 31.5 Å². The first kappa shape index (κ1) is 29.0. The Morgan fingerprint density at radius 2 is 1.63 bits per heavy atom. The van der Waals surface area contributed by atoms with Gasteiger partial charge in [0.05, 0.1) is 31.2 Å². The van der Waals surface area contributed by atoms with Crippen molar-refractivity contribution < 1.29 is 36.3 Å². The minimum Gasteiger partial charge on any atom is -0.406 e. The zero-order chi connectivity index (χ0) is 29.4. The van der Waals surface area contributed by atoms with E-state index in [1.807, 2.05) is 0 Å². The molecule has 0 aliphatic carbocycles. The summed E-state index contributed by atoms with van der Waals surface area (Å²) in [5, 5.41) is 19.9. The summed E-state index contributed by atoms with van der Waals surface area (Å²) in [7, 11) is 0. The molecule has 4 rings (SSSR count). The fourth-order valence-corrected chi connectivity index (χ4v) is 3.48. The summed E-state index contributed by atoms with van der Waals surface area (Å²) in [6.07, 6.45) is -2.25. The van der Waals surface area contributed by atoms with Gasteiger partial charge in [0, 0.05) is 31.3 Å². The average molecular weight is 579 g/mol. The number of rotatable bonds is 12. The first-order valence-corrected chi connectivity index (χ1v) is 12.0.